The molecule has 0 aromatic carbocycles. The van der Waals surface area contributed by atoms with Crippen LogP contribution in [0.15, 0.2) is 0 Å². The van der Waals surface area contributed by atoms with E-state index in [0.717, 1.165) is 0 Å². The number of hydrogen-bond acceptors (Lipinski definition) is 3. The lowest BCUT2D eigenvalue weighted by molar-refractivity contribution is -0.117. The summed E-state index contributed by atoms with van der Waals surface area (Å²) >= 11 is 0. The number of carbonyl (C=O) groups is 1. The van der Waals surface area contributed by atoms with Crippen LogP contribution in [-0.4, -0.2) is 31.4 Å². The average molecular weight is 162 g/mol. The van der Waals surface area contributed by atoms with Crippen molar-refractivity contribution in [2.45, 2.75) is 19.9 Å². The van der Waals surface area contributed by atoms with Gasteiger partial charge in [-0.05, 0) is 13.8 Å². The van der Waals surface area contributed by atoms with Crippen molar-refractivity contribution in [1.82, 2.24) is 10.5 Å². The third-order valence-electron chi connectivity index (χ3n) is 1.06. The molecule has 0 unspecified atom stereocenters. The quantitative estimate of drug-likeness (QED) is 0.616. The van der Waals surface area contributed by atoms with Crippen LogP contribution < -0.4 is 5.48 Å². The molecule has 0 aromatic heterocycles. The molecule has 0 saturated heterocycles. The summed E-state index contributed by atoms with van der Waals surface area (Å²) in [6.45, 7) is 3.66. The van der Waals surface area contributed by atoms with Crippen molar-refractivity contribution in [2.24, 2.45) is 0 Å². The van der Waals surface area contributed by atoms with Gasteiger partial charge in [0.2, 0.25) is 0 Å². The Bertz CT molecular complexity index is 127. The molecule has 11 heavy (non-hydrogen) atoms. The van der Waals surface area contributed by atoms with Gasteiger partial charge in [-0.25, -0.2) is 10.3 Å². The first-order valence-electron chi connectivity index (χ1n) is 3.29. The number of amides is 2. The van der Waals surface area contributed by atoms with Crippen LogP contribution in [0.5, 0.6) is 0 Å². The molecule has 0 saturated carbocycles. The summed E-state index contributed by atoms with van der Waals surface area (Å²) in [6, 6.07) is -0.430. The minimum absolute atomic E-state index is 0.0184. The fourth-order valence-corrected chi connectivity index (χ4v) is 0.661. The monoisotopic (exact) mass is 162 g/mol. The summed E-state index contributed by atoms with van der Waals surface area (Å²) in [6.07, 6.45) is 0. The predicted octanol–water partition coefficient (Wildman–Crippen LogP) is 0.529. The van der Waals surface area contributed by atoms with Crippen molar-refractivity contribution in [2.75, 3.05) is 14.2 Å². The van der Waals surface area contributed by atoms with Gasteiger partial charge in [-0.3, -0.25) is 9.68 Å². The summed E-state index contributed by atoms with van der Waals surface area (Å²) in [5.41, 5.74) is 2.14. The van der Waals surface area contributed by atoms with Gasteiger partial charge in [0.05, 0.1) is 20.3 Å². The molecule has 5 heteroatoms. The Hall–Kier alpha value is -0.810. The van der Waals surface area contributed by atoms with Gasteiger partial charge >= 0.3 is 6.03 Å². The van der Waals surface area contributed by atoms with Crippen LogP contribution in [0.2, 0.25) is 0 Å². The minimum Gasteiger partial charge on any atom is -0.275 e. The molecule has 0 bridgehead atoms. The van der Waals surface area contributed by atoms with E-state index in [0.29, 0.717) is 0 Å². The van der Waals surface area contributed by atoms with Gasteiger partial charge in [0.15, 0.2) is 0 Å². The Morgan fingerprint density at radius 1 is 1.45 bits per heavy atom. The van der Waals surface area contributed by atoms with Gasteiger partial charge in [-0.2, -0.15) is 5.06 Å². The molecule has 0 aromatic rings. The maximum absolute atomic E-state index is 11.0. The number of carbonyl (C=O) groups excluding carboxylic acids is 1. The number of urea groups is 1. The molecule has 0 aliphatic heterocycles. The van der Waals surface area contributed by atoms with E-state index in [2.05, 4.69) is 10.3 Å². The largest absolute Gasteiger partial charge is 0.365 e. The Morgan fingerprint density at radius 3 is 2.27 bits per heavy atom. The zero-order valence-corrected chi connectivity index (χ0v) is 7.25. The highest BCUT2D eigenvalue weighted by Crippen LogP contribution is 1.97. The summed E-state index contributed by atoms with van der Waals surface area (Å²) in [5.74, 6) is 0. The van der Waals surface area contributed by atoms with Gasteiger partial charge in [-0.15, -0.1) is 0 Å². The second kappa shape index (κ2) is 4.92. The van der Waals surface area contributed by atoms with Crippen molar-refractivity contribution < 1.29 is 14.5 Å². The molecule has 0 aliphatic carbocycles. The number of nitrogens with zero attached hydrogens (tertiary/aromatic N) is 1. The second-order valence-electron chi connectivity index (χ2n) is 2.21. The Labute approximate surface area is 66.2 Å². The van der Waals surface area contributed by atoms with Crippen LogP contribution in [0.1, 0.15) is 13.8 Å². The predicted molar refractivity (Wildman–Crippen MR) is 39.5 cm³/mol. The van der Waals surface area contributed by atoms with E-state index in [1.54, 1.807) is 0 Å². The molecular formula is C6H14N2O3. The maximum Gasteiger partial charge on any atom is 0.365 e. The van der Waals surface area contributed by atoms with Crippen molar-refractivity contribution in [3.05, 3.63) is 0 Å². The molecule has 0 atom stereocenters. The zero-order valence-electron chi connectivity index (χ0n) is 7.25. The molecule has 0 heterocycles. The van der Waals surface area contributed by atoms with Gasteiger partial charge in [0, 0.05) is 0 Å². The standard InChI is InChI=1S/C6H14N2O3/c1-5(2)8(11-4)6(9)7-10-3/h5H,1-4H3,(H,7,9). The van der Waals surface area contributed by atoms with Crippen LogP contribution in [0, 0.1) is 0 Å². The molecule has 66 valence electrons. The first-order valence-corrected chi connectivity index (χ1v) is 3.29. The zero-order chi connectivity index (χ0) is 8.85. The summed E-state index contributed by atoms with van der Waals surface area (Å²) in [4.78, 5) is 20.2. The van der Waals surface area contributed by atoms with Gasteiger partial charge < -0.3 is 0 Å². The first-order chi connectivity index (χ1) is 5.13. The van der Waals surface area contributed by atoms with Crippen molar-refractivity contribution >= 4 is 6.03 Å². The van der Waals surface area contributed by atoms with E-state index in [1.807, 2.05) is 13.8 Å². The summed E-state index contributed by atoms with van der Waals surface area (Å²) in [5, 5.41) is 1.17. The highest BCUT2D eigenvalue weighted by molar-refractivity contribution is 5.72. The number of nitrogens with one attached hydrogen (secondary N) is 1. The molecular weight excluding hydrogens is 148 g/mol. The van der Waals surface area contributed by atoms with E-state index in [-0.39, 0.29) is 6.04 Å². The fraction of sp³-hybridized carbons (Fsp3) is 0.833. The molecule has 0 fully saturated rings. The van der Waals surface area contributed by atoms with E-state index < -0.39 is 6.03 Å². The molecule has 5 nitrogen and oxygen atoms in total. The van der Waals surface area contributed by atoms with E-state index in [4.69, 9.17) is 4.84 Å². The number of hydroxylamine groups is 3. The number of hydrogen-bond donors (Lipinski definition) is 1. The van der Waals surface area contributed by atoms with Crippen molar-refractivity contribution in [3.63, 3.8) is 0 Å². The molecule has 2 amide bonds. The highest BCUT2D eigenvalue weighted by Gasteiger charge is 2.15. The highest BCUT2D eigenvalue weighted by atomic mass is 16.7. The van der Waals surface area contributed by atoms with E-state index in [9.17, 15) is 4.79 Å². The first kappa shape index (κ1) is 10.2. The SMILES string of the molecule is CONC(=O)N(OC)C(C)C. The van der Waals surface area contributed by atoms with Crippen molar-refractivity contribution in [1.29, 1.82) is 0 Å². The Kier molecular flexibility index (Phi) is 4.56. The van der Waals surface area contributed by atoms with Crippen LogP contribution in [0.25, 0.3) is 0 Å². The Balaban J connectivity index is 3.92. The van der Waals surface area contributed by atoms with Crippen LogP contribution >= 0.6 is 0 Å². The summed E-state index contributed by atoms with van der Waals surface area (Å²) < 4.78 is 0. The minimum atomic E-state index is -0.412. The van der Waals surface area contributed by atoms with E-state index in [1.165, 1.54) is 19.3 Å². The lowest BCUT2D eigenvalue weighted by Crippen LogP contribution is -2.42. The lowest BCUT2D eigenvalue weighted by atomic mass is 10.4. The molecule has 1 N–H and O–H groups in total. The topological polar surface area (TPSA) is 50.8 Å². The third-order valence-corrected chi connectivity index (χ3v) is 1.06. The smallest absolute Gasteiger partial charge is 0.275 e. The molecule has 0 spiro atoms. The maximum atomic E-state index is 11.0. The molecule has 0 radical (unpaired) electrons. The van der Waals surface area contributed by atoms with Gasteiger partial charge in [0.1, 0.15) is 0 Å². The summed E-state index contributed by atoms with van der Waals surface area (Å²) in [7, 11) is 2.79. The Morgan fingerprint density at radius 2 is 2.00 bits per heavy atom. The van der Waals surface area contributed by atoms with Gasteiger partial charge in [-0.1, -0.05) is 0 Å². The van der Waals surface area contributed by atoms with Gasteiger partial charge in [0.25, 0.3) is 0 Å². The second-order valence-corrected chi connectivity index (χ2v) is 2.21. The third kappa shape index (κ3) is 3.20. The van der Waals surface area contributed by atoms with E-state index >= 15 is 0 Å². The van der Waals surface area contributed by atoms with Crippen molar-refractivity contribution in [3.8, 4) is 0 Å². The molecule has 0 aliphatic rings. The molecule has 0 rings (SSSR count). The number of rotatable bonds is 3. The van der Waals surface area contributed by atoms with Crippen LogP contribution in [0.3, 0.4) is 0 Å². The lowest BCUT2D eigenvalue weighted by Gasteiger charge is -2.22. The fourth-order valence-electron chi connectivity index (χ4n) is 0.661. The van der Waals surface area contributed by atoms with Crippen LogP contribution in [0.4, 0.5) is 4.79 Å². The van der Waals surface area contributed by atoms with Crippen LogP contribution in [-0.2, 0) is 9.68 Å². The average Bonchev–Trinajstić information content (AvgIpc) is 1.88. The normalized spacial score (nSPS) is 9.91.